The summed E-state index contributed by atoms with van der Waals surface area (Å²) in [5.74, 6) is -0.482. The van der Waals surface area contributed by atoms with E-state index in [0.717, 1.165) is 32.0 Å². The first kappa shape index (κ1) is 18.0. The minimum Gasteiger partial charge on any atom is -0.424 e. The van der Waals surface area contributed by atoms with E-state index in [9.17, 15) is 13.6 Å². The highest BCUT2D eigenvalue weighted by atomic mass is 19.2. The Labute approximate surface area is 156 Å². The monoisotopic (exact) mass is 376 g/mol. The van der Waals surface area contributed by atoms with E-state index in [-0.39, 0.29) is 11.3 Å². The molecule has 3 heterocycles. The third-order valence-electron chi connectivity index (χ3n) is 5.61. The Bertz CT molecular complexity index is 846. The van der Waals surface area contributed by atoms with E-state index in [1.165, 1.54) is 12.1 Å². The Kier molecular flexibility index (Phi) is 4.67. The van der Waals surface area contributed by atoms with Gasteiger partial charge in [-0.05, 0) is 49.0 Å². The van der Waals surface area contributed by atoms with Crippen molar-refractivity contribution in [1.82, 2.24) is 20.0 Å². The zero-order chi connectivity index (χ0) is 19.0. The van der Waals surface area contributed by atoms with Crippen molar-refractivity contribution in [2.45, 2.75) is 39.3 Å². The first-order valence-corrected chi connectivity index (χ1v) is 9.16. The normalized spacial score (nSPS) is 20.0. The minimum absolute atomic E-state index is 0.0308. The van der Waals surface area contributed by atoms with Crippen LogP contribution in [0.5, 0.6) is 0 Å². The van der Waals surface area contributed by atoms with Crippen molar-refractivity contribution in [3.05, 3.63) is 47.2 Å². The third kappa shape index (κ3) is 3.85. The maximum absolute atomic E-state index is 13.4. The van der Waals surface area contributed by atoms with E-state index in [0.29, 0.717) is 43.4 Å². The predicted molar refractivity (Wildman–Crippen MR) is 92.4 cm³/mol. The van der Waals surface area contributed by atoms with Gasteiger partial charge in [-0.2, -0.15) is 0 Å². The van der Waals surface area contributed by atoms with Crippen molar-refractivity contribution in [1.29, 1.82) is 0 Å². The highest BCUT2D eigenvalue weighted by molar-refractivity contribution is 5.79. The number of carbonyl (C=O) groups excluding carboxylic acids is 1. The molecule has 0 saturated carbocycles. The number of rotatable bonds is 4. The summed E-state index contributed by atoms with van der Waals surface area (Å²) in [5.41, 5.74) is 0.584. The van der Waals surface area contributed by atoms with Crippen LogP contribution in [0.25, 0.3) is 0 Å². The van der Waals surface area contributed by atoms with Gasteiger partial charge in [-0.3, -0.25) is 9.69 Å². The number of hydrogen-bond donors (Lipinski definition) is 0. The molecule has 144 valence electrons. The summed E-state index contributed by atoms with van der Waals surface area (Å²) in [6, 6.07) is 3.81. The van der Waals surface area contributed by atoms with Gasteiger partial charge in [0.25, 0.3) is 0 Å². The maximum Gasteiger partial charge on any atom is 0.230 e. The van der Waals surface area contributed by atoms with Crippen LogP contribution in [0.1, 0.15) is 36.6 Å². The standard InChI is InChI=1S/C19H22F2N4O2/c1-13-22-23-17(27-13)11-24-6-4-19(5-7-24)9-18(26)25(12-19)10-14-2-3-15(20)16(21)8-14/h2-3,8H,4-7,9-12H2,1H3. The molecule has 2 fully saturated rings. The summed E-state index contributed by atoms with van der Waals surface area (Å²) in [6.45, 7) is 5.12. The van der Waals surface area contributed by atoms with Crippen LogP contribution in [0.4, 0.5) is 8.78 Å². The van der Waals surface area contributed by atoms with Crippen LogP contribution in [0.3, 0.4) is 0 Å². The summed E-state index contributed by atoms with van der Waals surface area (Å²) in [7, 11) is 0. The van der Waals surface area contributed by atoms with E-state index in [2.05, 4.69) is 15.1 Å². The average Bonchev–Trinajstić information content (AvgIpc) is 3.17. The van der Waals surface area contributed by atoms with E-state index in [4.69, 9.17) is 4.42 Å². The van der Waals surface area contributed by atoms with Crippen molar-refractivity contribution < 1.29 is 18.0 Å². The van der Waals surface area contributed by atoms with Gasteiger partial charge in [0.15, 0.2) is 11.6 Å². The molecule has 1 amide bonds. The zero-order valence-electron chi connectivity index (χ0n) is 15.3. The molecule has 4 rings (SSSR count). The fourth-order valence-corrected chi connectivity index (χ4v) is 4.10. The van der Waals surface area contributed by atoms with Crippen LogP contribution < -0.4 is 0 Å². The molecule has 0 bridgehead atoms. The summed E-state index contributed by atoms with van der Waals surface area (Å²) in [4.78, 5) is 16.5. The largest absolute Gasteiger partial charge is 0.424 e. The van der Waals surface area contributed by atoms with Crippen LogP contribution in [-0.2, 0) is 17.9 Å². The molecule has 1 aromatic heterocycles. The fraction of sp³-hybridized carbons (Fsp3) is 0.526. The Morgan fingerprint density at radius 3 is 2.59 bits per heavy atom. The molecule has 2 aliphatic rings. The molecule has 0 unspecified atom stereocenters. The fourth-order valence-electron chi connectivity index (χ4n) is 4.10. The number of carbonyl (C=O) groups is 1. The summed E-state index contributed by atoms with van der Waals surface area (Å²) in [6.07, 6.45) is 2.35. The van der Waals surface area contributed by atoms with Gasteiger partial charge in [-0.15, -0.1) is 10.2 Å². The molecule has 2 aliphatic heterocycles. The SMILES string of the molecule is Cc1nnc(CN2CCC3(CC2)CC(=O)N(Cc2ccc(F)c(F)c2)C3)o1. The molecule has 0 radical (unpaired) electrons. The number of amides is 1. The first-order chi connectivity index (χ1) is 12.9. The maximum atomic E-state index is 13.4. The number of likely N-dealkylation sites (tertiary alicyclic amines) is 2. The van der Waals surface area contributed by atoms with Crippen LogP contribution in [0.2, 0.25) is 0 Å². The van der Waals surface area contributed by atoms with Gasteiger partial charge in [0.1, 0.15) is 0 Å². The van der Waals surface area contributed by atoms with Crippen molar-refractivity contribution >= 4 is 5.91 Å². The van der Waals surface area contributed by atoms with E-state index in [1.54, 1.807) is 11.8 Å². The van der Waals surface area contributed by atoms with Crippen molar-refractivity contribution in [3.63, 3.8) is 0 Å². The van der Waals surface area contributed by atoms with Gasteiger partial charge in [0.2, 0.25) is 17.7 Å². The van der Waals surface area contributed by atoms with Gasteiger partial charge >= 0.3 is 0 Å². The van der Waals surface area contributed by atoms with E-state index < -0.39 is 11.6 Å². The number of aryl methyl sites for hydroxylation is 1. The number of benzene rings is 1. The average molecular weight is 376 g/mol. The van der Waals surface area contributed by atoms with Gasteiger partial charge < -0.3 is 9.32 Å². The second-order valence-corrected chi connectivity index (χ2v) is 7.67. The number of nitrogens with zero attached hydrogens (tertiary/aromatic N) is 4. The molecule has 27 heavy (non-hydrogen) atoms. The molecule has 6 nitrogen and oxygen atoms in total. The van der Waals surface area contributed by atoms with Gasteiger partial charge in [-0.1, -0.05) is 6.07 Å². The van der Waals surface area contributed by atoms with Crippen molar-refractivity contribution in [3.8, 4) is 0 Å². The molecule has 8 heteroatoms. The molecule has 1 spiro atoms. The number of hydrogen-bond acceptors (Lipinski definition) is 5. The number of halogens is 2. The molecular formula is C19H22F2N4O2. The molecule has 0 N–H and O–H groups in total. The van der Waals surface area contributed by atoms with Crippen LogP contribution >= 0.6 is 0 Å². The summed E-state index contributed by atoms with van der Waals surface area (Å²) in [5, 5.41) is 7.88. The van der Waals surface area contributed by atoms with Crippen molar-refractivity contribution in [2.24, 2.45) is 5.41 Å². The highest BCUT2D eigenvalue weighted by Gasteiger charge is 2.44. The van der Waals surface area contributed by atoms with Crippen LogP contribution in [0.15, 0.2) is 22.6 Å². The van der Waals surface area contributed by atoms with E-state index in [1.807, 2.05) is 0 Å². The van der Waals surface area contributed by atoms with Crippen LogP contribution in [0, 0.1) is 24.0 Å². The van der Waals surface area contributed by atoms with Crippen LogP contribution in [-0.4, -0.2) is 45.5 Å². The quantitative estimate of drug-likeness (QED) is 0.821. The Morgan fingerprint density at radius 1 is 1.15 bits per heavy atom. The first-order valence-electron chi connectivity index (χ1n) is 9.16. The lowest BCUT2D eigenvalue weighted by atomic mass is 9.77. The minimum atomic E-state index is -0.876. The molecule has 0 atom stereocenters. The molecular weight excluding hydrogens is 354 g/mol. The Morgan fingerprint density at radius 2 is 1.93 bits per heavy atom. The van der Waals surface area contributed by atoms with Gasteiger partial charge in [0, 0.05) is 26.4 Å². The topological polar surface area (TPSA) is 62.5 Å². The smallest absolute Gasteiger partial charge is 0.230 e. The van der Waals surface area contributed by atoms with Gasteiger partial charge in [0.05, 0.1) is 6.54 Å². The molecule has 0 aliphatic carbocycles. The second kappa shape index (κ2) is 6.99. The van der Waals surface area contributed by atoms with E-state index >= 15 is 0 Å². The zero-order valence-corrected chi connectivity index (χ0v) is 15.3. The highest BCUT2D eigenvalue weighted by Crippen LogP contribution is 2.41. The number of piperidine rings is 1. The summed E-state index contributed by atoms with van der Waals surface area (Å²) < 4.78 is 32.0. The lowest BCUT2D eigenvalue weighted by Gasteiger charge is -2.38. The lowest BCUT2D eigenvalue weighted by molar-refractivity contribution is -0.128. The Balaban J connectivity index is 1.35. The molecule has 1 aromatic carbocycles. The second-order valence-electron chi connectivity index (χ2n) is 7.67. The Hall–Kier alpha value is -2.35. The van der Waals surface area contributed by atoms with Gasteiger partial charge in [-0.25, -0.2) is 8.78 Å². The number of aromatic nitrogens is 2. The molecule has 2 saturated heterocycles. The lowest BCUT2D eigenvalue weighted by Crippen LogP contribution is -2.41. The molecule has 2 aromatic rings. The summed E-state index contributed by atoms with van der Waals surface area (Å²) >= 11 is 0. The third-order valence-corrected chi connectivity index (χ3v) is 5.61. The van der Waals surface area contributed by atoms with Crippen molar-refractivity contribution in [2.75, 3.05) is 19.6 Å². The predicted octanol–water partition coefficient (Wildman–Crippen LogP) is 2.67.